The van der Waals surface area contributed by atoms with Crippen LogP contribution in [-0.4, -0.2) is 62.0 Å². The van der Waals surface area contributed by atoms with Crippen LogP contribution in [0, 0.1) is 0 Å². The fraction of sp³-hybridized carbons (Fsp3) is 0.588. The number of nitrogens with one attached hydrogen (secondary N) is 2. The van der Waals surface area contributed by atoms with Crippen LogP contribution in [0.5, 0.6) is 5.75 Å². The van der Waals surface area contributed by atoms with E-state index in [-0.39, 0.29) is 61.7 Å². The molecule has 2 rings (SSSR count). The number of aliphatic imine (C=N–C) groups is 1. The molecule has 3 N–H and O–H groups in total. The molecule has 0 atom stereocenters. The van der Waals surface area contributed by atoms with E-state index in [2.05, 4.69) is 15.6 Å². The Morgan fingerprint density at radius 2 is 1.83 bits per heavy atom. The summed E-state index contributed by atoms with van der Waals surface area (Å²) >= 11 is 0. The molecule has 1 aliphatic heterocycles. The molecular formula is C17H26F3IN4O3S. The van der Waals surface area contributed by atoms with Gasteiger partial charge in [-0.15, -0.1) is 24.0 Å². The van der Waals surface area contributed by atoms with E-state index >= 15 is 0 Å². The van der Waals surface area contributed by atoms with Crippen molar-refractivity contribution in [1.29, 1.82) is 0 Å². The van der Waals surface area contributed by atoms with Crippen LogP contribution in [0.3, 0.4) is 0 Å². The van der Waals surface area contributed by atoms with E-state index in [9.17, 15) is 26.7 Å². The monoisotopic (exact) mass is 550 g/mol. The Labute approximate surface area is 185 Å². The number of halogens is 4. The van der Waals surface area contributed by atoms with E-state index in [1.54, 1.807) is 19.2 Å². The van der Waals surface area contributed by atoms with Crippen molar-refractivity contribution in [3.05, 3.63) is 29.8 Å². The maximum Gasteiger partial charge on any atom is 0.511 e. The zero-order chi connectivity index (χ0) is 20.8. The zero-order valence-corrected chi connectivity index (χ0v) is 19.1. The number of alkyl halides is 3. The molecule has 7 nitrogen and oxygen atoms in total. The summed E-state index contributed by atoms with van der Waals surface area (Å²) in [4.78, 5) is 4.09. The number of benzene rings is 1. The number of sulfonamides is 1. The van der Waals surface area contributed by atoms with Crippen molar-refractivity contribution in [3.8, 4) is 5.75 Å². The number of rotatable bonds is 6. The van der Waals surface area contributed by atoms with Gasteiger partial charge in [0.2, 0.25) is 0 Å². The van der Waals surface area contributed by atoms with Gasteiger partial charge in [0.25, 0.3) is 0 Å². The van der Waals surface area contributed by atoms with Crippen molar-refractivity contribution in [2.24, 2.45) is 4.99 Å². The van der Waals surface area contributed by atoms with Crippen LogP contribution >= 0.6 is 24.0 Å². The summed E-state index contributed by atoms with van der Waals surface area (Å²) in [5.74, 6) is 0.753. The van der Waals surface area contributed by atoms with E-state index in [4.69, 9.17) is 0 Å². The van der Waals surface area contributed by atoms with Crippen molar-refractivity contribution in [1.82, 2.24) is 14.9 Å². The minimum absolute atomic E-state index is 0. The van der Waals surface area contributed by atoms with Crippen molar-refractivity contribution in [3.63, 3.8) is 0 Å². The van der Waals surface area contributed by atoms with Gasteiger partial charge in [-0.25, -0.2) is 8.42 Å². The molecule has 12 heteroatoms. The second-order valence-electron chi connectivity index (χ2n) is 6.54. The lowest BCUT2D eigenvalue weighted by Crippen LogP contribution is -2.51. The molecule has 1 aromatic carbocycles. The lowest BCUT2D eigenvalue weighted by molar-refractivity contribution is -0.0494. The molecule has 0 saturated carbocycles. The molecule has 0 spiro atoms. The van der Waals surface area contributed by atoms with Crippen LogP contribution in [0.1, 0.15) is 24.8 Å². The van der Waals surface area contributed by atoms with Gasteiger partial charge in [-0.05, 0) is 43.4 Å². The quantitative estimate of drug-likeness (QED) is 0.219. The van der Waals surface area contributed by atoms with Gasteiger partial charge >= 0.3 is 15.5 Å². The van der Waals surface area contributed by atoms with E-state index in [1.807, 2.05) is 12.1 Å². The van der Waals surface area contributed by atoms with Crippen molar-refractivity contribution < 1.29 is 26.7 Å². The molecule has 0 aliphatic carbocycles. The van der Waals surface area contributed by atoms with Gasteiger partial charge in [-0.1, -0.05) is 12.1 Å². The molecule has 166 valence electrons. The smallest absolute Gasteiger partial charge is 0.508 e. The molecule has 1 heterocycles. The number of aryl methyl sites for hydroxylation is 1. The largest absolute Gasteiger partial charge is 0.511 e. The van der Waals surface area contributed by atoms with Crippen LogP contribution < -0.4 is 10.6 Å². The first kappa shape index (κ1) is 25.8. The Kier molecular flexibility index (Phi) is 9.95. The Balaban J connectivity index is 0.00000420. The SMILES string of the molecule is CN=C(NCCCc1ccc(O)cc1)NC1CCN(S(=O)(=O)C(F)(F)F)CC1.I. The summed E-state index contributed by atoms with van der Waals surface area (Å²) in [7, 11) is -3.66. The Hall–Kier alpha value is -1.28. The summed E-state index contributed by atoms with van der Waals surface area (Å²) in [5, 5.41) is 15.5. The molecule has 1 saturated heterocycles. The summed E-state index contributed by atoms with van der Waals surface area (Å²) in [6, 6.07) is 6.82. The highest BCUT2D eigenvalue weighted by molar-refractivity contribution is 14.0. The summed E-state index contributed by atoms with van der Waals surface area (Å²) in [5.41, 5.74) is -4.16. The molecule has 0 amide bonds. The molecule has 29 heavy (non-hydrogen) atoms. The van der Waals surface area contributed by atoms with Gasteiger partial charge in [-0.2, -0.15) is 17.5 Å². The predicted octanol–water partition coefficient (Wildman–Crippen LogP) is 2.42. The van der Waals surface area contributed by atoms with Crippen molar-refractivity contribution in [2.45, 2.75) is 37.2 Å². The topological polar surface area (TPSA) is 94.0 Å². The standard InChI is InChI=1S/C17H25F3N4O3S.HI/c1-21-16(22-10-2-3-13-4-6-15(25)7-5-13)23-14-8-11-24(12-9-14)28(26,27)17(18,19)20;/h4-7,14,25H,2-3,8-12H2,1H3,(H2,21,22,23);1H. The van der Waals surface area contributed by atoms with Crippen LogP contribution in [0.15, 0.2) is 29.3 Å². The summed E-state index contributed by atoms with van der Waals surface area (Å²) in [6.07, 6.45) is 2.18. The van der Waals surface area contributed by atoms with Crippen LogP contribution in [0.25, 0.3) is 0 Å². The summed E-state index contributed by atoms with van der Waals surface area (Å²) in [6.45, 7) is 0.274. The number of hydrogen-bond acceptors (Lipinski definition) is 4. The van der Waals surface area contributed by atoms with Crippen LogP contribution in [-0.2, 0) is 16.4 Å². The minimum Gasteiger partial charge on any atom is -0.508 e. The minimum atomic E-state index is -5.26. The fourth-order valence-electron chi connectivity index (χ4n) is 2.94. The van der Waals surface area contributed by atoms with Crippen molar-refractivity contribution >= 4 is 40.0 Å². The van der Waals surface area contributed by atoms with E-state index in [1.165, 1.54) is 0 Å². The van der Waals surface area contributed by atoms with Crippen LogP contribution in [0.4, 0.5) is 13.2 Å². The average molecular weight is 550 g/mol. The molecule has 0 unspecified atom stereocenters. The number of phenolic OH excluding ortho intramolecular Hbond substituents is 1. The van der Waals surface area contributed by atoms with Gasteiger partial charge in [0.05, 0.1) is 0 Å². The van der Waals surface area contributed by atoms with Gasteiger partial charge in [0.1, 0.15) is 5.75 Å². The number of guanidine groups is 1. The molecule has 0 radical (unpaired) electrons. The van der Waals surface area contributed by atoms with Gasteiger partial charge in [0.15, 0.2) is 5.96 Å². The maximum absolute atomic E-state index is 12.6. The molecule has 1 aliphatic rings. The molecule has 0 bridgehead atoms. The Bertz CT molecular complexity index is 765. The van der Waals surface area contributed by atoms with E-state index in [0.29, 0.717) is 16.8 Å². The highest BCUT2D eigenvalue weighted by atomic mass is 127. The number of piperidine rings is 1. The van der Waals surface area contributed by atoms with Crippen LogP contribution in [0.2, 0.25) is 0 Å². The average Bonchev–Trinajstić information content (AvgIpc) is 2.65. The van der Waals surface area contributed by atoms with Crippen molar-refractivity contribution in [2.75, 3.05) is 26.7 Å². The third-order valence-electron chi connectivity index (χ3n) is 4.52. The zero-order valence-electron chi connectivity index (χ0n) is 15.9. The van der Waals surface area contributed by atoms with Gasteiger partial charge < -0.3 is 15.7 Å². The number of phenols is 1. The Morgan fingerprint density at radius 3 is 2.34 bits per heavy atom. The molecule has 1 fully saturated rings. The second-order valence-corrected chi connectivity index (χ2v) is 8.47. The number of aromatic hydroxyl groups is 1. The summed E-state index contributed by atoms with van der Waals surface area (Å²) < 4.78 is 61.2. The third kappa shape index (κ3) is 7.48. The molecule has 0 aromatic heterocycles. The first-order chi connectivity index (χ1) is 13.1. The predicted molar refractivity (Wildman–Crippen MR) is 116 cm³/mol. The molecule has 1 aromatic rings. The normalized spacial score (nSPS) is 16.9. The maximum atomic E-state index is 12.6. The lowest BCUT2D eigenvalue weighted by atomic mass is 10.1. The first-order valence-electron chi connectivity index (χ1n) is 8.95. The first-order valence-corrected chi connectivity index (χ1v) is 10.4. The number of nitrogens with zero attached hydrogens (tertiary/aromatic N) is 2. The van der Waals surface area contributed by atoms with E-state index < -0.39 is 15.5 Å². The van der Waals surface area contributed by atoms with E-state index in [0.717, 1.165) is 18.4 Å². The van der Waals surface area contributed by atoms with Gasteiger partial charge in [-0.3, -0.25) is 4.99 Å². The fourth-order valence-corrected chi connectivity index (χ4v) is 3.92. The third-order valence-corrected chi connectivity index (χ3v) is 6.15. The highest BCUT2D eigenvalue weighted by Crippen LogP contribution is 2.28. The lowest BCUT2D eigenvalue weighted by Gasteiger charge is -2.32. The highest BCUT2D eigenvalue weighted by Gasteiger charge is 2.50. The Morgan fingerprint density at radius 1 is 1.24 bits per heavy atom. The second kappa shape index (κ2) is 11.2. The molecular weight excluding hydrogens is 524 g/mol. The van der Waals surface area contributed by atoms with Gasteiger partial charge in [0, 0.05) is 32.7 Å². The number of hydrogen-bond donors (Lipinski definition) is 3.